The fraction of sp³-hybridized carbons (Fsp3) is 0.571. The van der Waals surface area contributed by atoms with Crippen LogP contribution in [0, 0.1) is 0 Å². The van der Waals surface area contributed by atoms with Crippen LogP contribution in [0.15, 0.2) is 18.2 Å². The molecule has 0 unspecified atom stereocenters. The van der Waals surface area contributed by atoms with Crippen molar-refractivity contribution in [3.63, 3.8) is 0 Å². The number of hydrogen-bond acceptors (Lipinski definition) is 3. The smallest absolute Gasteiger partial charge is 0.399 e. The maximum absolute atomic E-state index is 12.8. The molecular formula is C14H18BF3O3. The summed E-state index contributed by atoms with van der Waals surface area (Å²) in [5.41, 5.74) is -1.70. The quantitative estimate of drug-likeness (QED) is 0.853. The van der Waals surface area contributed by atoms with Crippen LogP contribution in [0.2, 0.25) is 0 Å². The monoisotopic (exact) mass is 302 g/mol. The van der Waals surface area contributed by atoms with E-state index in [1.54, 1.807) is 0 Å². The first kappa shape index (κ1) is 16.3. The van der Waals surface area contributed by atoms with Crippen molar-refractivity contribution < 1.29 is 27.6 Å². The van der Waals surface area contributed by atoms with E-state index in [1.807, 2.05) is 27.7 Å². The van der Waals surface area contributed by atoms with E-state index in [1.165, 1.54) is 12.1 Å². The number of hydrogen-bond donors (Lipinski definition) is 1. The second kappa shape index (κ2) is 5.00. The standard InChI is InChI=1S/C14H18BF3O3/c1-12(2)13(3,4)21-15(20-12)10-5-6-11(14(16,17)18)9(7-10)8-19/h5-7,19H,8H2,1-4H3. The van der Waals surface area contributed by atoms with Gasteiger partial charge in [-0.1, -0.05) is 12.1 Å². The average molecular weight is 302 g/mol. The Balaban J connectivity index is 2.36. The molecule has 0 radical (unpaired) electrons. The zero-order chi connectivity index (χ0) is 16.1. The highest BCUT2D eigenvalue weighted by atomic mass is 19.4. The molecule has 1 heterocycles. The second-order valence-corrected chi connectivity index (χ2v) is 6.16. The Hall–Kier alpha value is -1.05. The van der Waals surface area contributed by atoms with E-state index < -0.39 is 36.7 Å². The summed E-state index contributed by atoms with van der Waals surface area (Å²) in [6.45, 7) is 6.77. The Morgan fingerprint density at radius 2 is 1.62 bits per heavy atom. The van der Waals surface area contributed by atoms with Gasteiger partial charge < -0.3 is 14.4 Å². The normalized spacial score (nSPS) is 20.9. The van der Waals surface area contributed by atoms with Crippen LogP contribution in [0.4, 0.5) is 13.2 Å². The SMILES string of the molecule is CC1(C)OB(c2ccc(C(F)(F)F)c(CO)c2)OC1(C)C. The maximum Gasteiger partial charge on any atom is 0.494 e. The lowest BCUT2D eigenvalue weighted by atomic mass is 9.77. The van der Waals surface area contributed by atoms with Gasteiger partial charge in [0.05, 0.1) is 23.4 Å². The van der Waals surface area contributed by atoms with Crippen LogP contribution in [-0.2, 0) is 22.1 Å². The van der Waals surface area contributed by atoms with Crippen molar-refractivity contribution in [3.05, 3.63) is 29.3 Å². The van der Waals surface area contributed by atoms with Gasteiger partial charge in [0.1, 0.15) is 0 Å². The van der Waals surface area contributed by atoms with Gasteiger partial charge >= 0.3 is 13.3 Å². The Labute approximate surface area is 122 Å². The highest BCUT2D eigenvalue weighted by Crippen LogP contribution is 2.37. The fourth-order valence-corrected chi connectivity index (χ4v) is 2.15. The van der Waals surface area contributed by atoms with E-state index in [9.17, 15) is 18.3 Å². The van der Waals surface area contributed by atoms with Crippen LogP contribution >= 0.6 is 0 Å². The molecule has 1 aliphatic rings. The molecule has 2 rings (SSSR count). The summed E-state index contributed by atoms with van der Waals surface area (Å²) < 4.78 is 50.0. The Bertz CT molecular complexity index is 525. The molecule has 0 spiro atoms. The van der Waals surface area contributed by atoms with Crippen molar-refractivity contribution in [2.75, 3.05) is 0 Å². The van der Waals surface area contributed by atoms with Crippen molar-refractivity contribution in [1.29, 1.82) is 0 Å². The Morgan fingerprint density at radius 3 is 2.05 bits per heavy atom. The predicted molar refractivity (Wildman–Crippen MR) is 73.1 cm³/mol. The van der Waals surface area contributed by atoms with E-state index in [-0.39, 0.29) is 5.56 Å². The molecule has 1 aliphatic heterocycles. The molecule has 0 atom stereocenters. The highest BCUT2D eigenvalue weighted by molar-refractivity contribution is 6.62. The fourth-order valence-electron chi connectivity index (χ4n) is 2.15. The molecule has 1 saturated heterocycles. The van der Waals surface area contributed by atoms with Crippen LogP contribution in [0.1, 0.15) is 38.8 Å². The third-order valence-electron chi connectivity index (χ3n) is 4.13. The van der Waals surface area contributed by atoms with Gasteiger partial charge in [-0.15, -0.1) is 0 Å². The molecule has 1 aromatic carbocycles. The first-order valence-corrected chi connectivity index (χ1v) is 6.64. The van der Waals surface area contributed by atoms with Gasteiger partial charge in [-0.25, -0.2) is 0 Å². The lowest BCUT2D eigenvalue weighted by Gasteiger charge is -2.32. The minimum atomic E-state index is -4.49. The van der Waals surface area contributed by atoms with E-state index in [4.69, 9.17) is 9.31 Å². The Morgan fingerprint density at radius 1 is 1.10 bits per heavy atom. The van der Waals surface area contributed by atoms with Gasteiger partial charge in [0.2, 0.25) is 0 Å². The lowest BCUT2D eigenvalue weighted by Crippen LogP contribution is -2.41. The van der Waals surface area contributed by atoms with Gasteiger partial charge in [-0.2, -0.15) is 13.2 Å². The van der Waals surface area contributed by atoms with Crippen LogP contribution < -0.4 is 5.46 Å². The number of aliphatic hydroxyl groups excluding tert-OH is 1. The molecule has 7 heteroatoms. The van der Waals surface area contributed by atoms with E-state index in [0.717, 1.165) is 6.07 Å². The molecule has 1 aromatic rings. The first-order valence-electron chi connectivity index (χ1n) is 6.64. The summed E-state index contributed by atoms with van der Waals surface area (Å²) in [7, 11) is -0.748. The third kappa shape index (κ3) is 2.95. The highest BCUT2D eigenvalue weighted by Gasteiger charge is 2.51. The molecule has 0 aliphatic carbocycles. The summed E-state index contributed by atoms with van der Waals surface area (Å²) in [6, 6.07) is 3.56. The third-order valence-corrected chi connectivity index (χ3v) is 4.13. The zero-order valence-electron chi connectivity index (χ0n) is 12.4. The number of halogens is 3. The average Bonchev–Trinajstić information content (AvgIpc) is 2.56. The number of benzene rings is 1. The summed E-state index contributed by atoms with van der Waals surface area (Å²) >= 11 is 0. The van der Waals surface area contributed by atoms with Gasteiger partial charge in [0, 0.05) is 0 Å². The number of alkyl halides is 3. The number of rotatable bonds is 2. The van der Waals surface area contributed by atoms with E-state index >= 15 is 0 Å². The summed E-state index contributed by atoms with van der Waals surface area (Å²) in [5.74, 6) is 0. The molecule has 0 bridgehead atoms. The van der Waals surface area contributed by atoms with Crippen LogP contribution in [0.3, 0.4) is 0 Å². The largest absolute Gasteiger partial charge is 0.494 e. The van der Waals surface area contributed by atoms with Crippen molar-refractivity contribution in [2.24, 2.45) is 0 Å². The van der Waals surface area contributed by atoms with E-state index in [2.05, 4.69) is 0 Å². The maximum atomic E-state index is 12.8. The molecule has 21 heavy (non-hydrogen) atoms. The molecular weight excluding hydrogens is 284 g/mol. The second-order valence-electron chi connectivity index (χ2n) is 6.16. The van der Waals surface area contributed by atoms with Gasteiger partial charge in [0.15, 0.2) is 0 Å². The lowest BCUT2D eigenvalue weighted by molar-refractivity contribution is -0.138. The van der Waals surface area contributed by atoms with Crippen molar-refractivity contribution in [1.82, 2.24) is 0 Å². The van der Waals surface area contributed by atoms with Crippen molar-refractivity contribution >= 4 is 12.6 Å². The van der Waals surface area contributed by atoms with Crippen molar-refractivity contribution in [3.8, 4) is 0 Å². The molecule has 0 saturated carbocycles. The minimum absolute atomic E-state index is 0.185. The summed E-state index contributed by atoms with van der Waals surface area (Å²) in [5, 5.41) is 9.17. The van der Waals surface area contributed by atoms with Gasteiger partial charge in [-0.05, 0) is 44.8 Å². The summed E-state index contributed by atoms with van der Waals surface area (Å²) in [4.78, 5) is 0. The molecule has 0 aromatic heterocycles. The minimum Gasteiger partial charge on any atom is -0.399 e. The zero-order valence-corrected chi connectivity index (χ0v) is 12.4. The van der Waals surface area contributed by atoms with Crippen LogP contribution in [-0.4, -0.2) is 23.4 Å². The van der Waals surface area contributed by atoms with Crippen molar-refractivity contribution in [2.45, 2.75) is 51.7 Å². The molecule has 1 N–H and O–H groups in total. The van der Waals surface area contributed by atoms with Crippen LogP contribution in [0.5, 0.6) is 0 Å². The Kier molecular flexibility index (Phi) is 3.89. The van der Waals surface area contributed by atoms with Crippen LogP contribution in [0.25, 0.3) is 0 Å². The molecule has 116 valence electrons. The summed E-state index contributed by atoms with van der Waals surface area (Å²) in [6.07, 6.45) is -4.49. The number of aliphatic hydroxyl groups is 1. The topological polar surface area (TPSA) is 38.7 Å². The molecule has 3 nitrogen and oxygen atoms in total. The molecule has 0 amide bonds. The first-order chi connectivity index (χ1) is 9.48. The van der Waals surface area contributed by atoms with Gasteiger partial charge in [-0.3, -0.25) is 0 Å². The van der Waals surface area contributed by atoms with E-state index in [0.29, 0.717) is 5.46 Å². The van der Waals surface area contributed by atoms with Gasteiger partial charge in [0.25, 0.3) is 0 Å². The molecule has 1 fully saturated rings. The predicted octanol–water partition coefficient (Wildman–Crippen LogP) is 2.50.